The van der Waals surface area contributed by atoms with Crippen molar-refractivity contribution in [2.45, 2.75) is 31.7 Å². The summed E-state index contributed by atoms with van der Waals surface area (Å²) in [5.41, 5.74) is 6.82. The minimum absolute atomic E-state index is 0.0639. The highest BCUT2D eigenvalue weighted by Crippen LogP contribution is 2.25. The predicted octanol–water partition coefficient (Wildman–Crippen LogP) is 3.44. The van der Waals surface area contributed by atoms with Gasteiger partial charge in [-0.2, -0.15) is 0 Å². The van der Waals surface area contributed by atoms with Gasteiger partial charge >= 0.3 is 0 Å². The summed E-state index contributed by atoms with van der Waals surface area (Å²) in [6.07, 6.45) is 4.86. The van der Waals surface area contributed by atoms with Crippen LogP contribution in [0.1, 0.15) is 36.0 Å². The Hall–Kier alpha value is -2.44. The number of rotatable bonds is 4. The molecule has 0 radical (unpaired) electrons. The molecular formula is C19H21ClN4O2. The summed E-state index contributed by atoms with van der Waals surface area (Å²) in [5.74, 6) is -0.173. The number of hydrogen-bond acceptors (Lipinski definition) is 4. The van der Waals surface area contributed by atoms with Crippen molar-refractivity contribution in [3.8, 4) is 0 Å². The van der Waals surface area contributed by atoms with Gasteiger partial charge in [-0.3, -0.25) is 9.59 Å². The van der Waals surface area contributed by atoms with Crippen molar-refractivity contribution in [3.63, 3.8) is 0 Å². The monoisotopic (exact) mass is 372 g/mol. The molecule has 1 fully saturated rings. The Morgan fingerprint density at radius 1 is 1.12 bits per heavy atom. The Labute approximate surface area is 157 Å². The fraction of sp³-hybridized carbons (Fsp3) is 0.316. The average molecular weight is 373 g/mol. The number of halogens is 1. The van der Waals surface area contributed by atoms with Crippen molar-refractivity contribution in [1.29, 1.82) is 0 Å². The summed E-state index contributed by atoms with van der Waals surface area (Å²) in [5, 5.41) is 6.07. The molecule has 4 N–H and O–H groups in total. The number of nitrogens with one attached hydrogen (secondary N) is 2. The summed E-state index contributed by atoms with van der Waals surface area (Å²) in [6, 6.07) is 10.2. The Kier molecular flexibility index (Phi) is 5.85. The zero-order valence-corrected chi connectivity index (χ0v) is 15.0. The SMILES string of the molecule is NC1CCCC(C(=O)Nc2ccccc2C(=O)Nc2ccc(Cl)cn2)C1. The topological polar surface area (TPSA) is 97.1 Å². The number of nitrogens with two attached hydrogens (primary N) is 1. The predicted molar refractivity (Wildman–Crippen MR) is 102 cm³/mol. The molecule has 1 aliphatic carbocycles. The molecule has 2 aromatic rings. The molecule has 0 spiro atoms. The smallest absolute Gasteiger partial charge is 0.258 e. The van der Waals surface area contributed by atoms with Gasteiger partial charge in [0, 0.05) is 18.2 Å². The lowest BCUT2D eigenvalue weighted by atomic mass is 9.85. The zero-order chi connectivity index (χ0) is 18.5. The van der Waals surface area contributed by atoms with Crippen LogP contribution >= 0.6 is 11.6 Å². The molecule has 6 nitrogen and oxygen atoms in total. The zero-order valence-electron chi connectivity index (χ0n) is 14.2. The third-order valence-electron chi connectivity index (χ3n) is 4.48. The van der Waals surface area contributed by atoms with Gasteiger partial charge in [-0.15, -0.1) is 0 Å². The summed E-state index contributed by atoms with van der Waals surface area (Å²) >= 11 is 5.80. The van der Waals surface area contributed by atoms with Crippen LogP contribution in [0.15, 0.2) is 42.6 Å². The number of benzene rings is 1. The maximum absolute atomic E-state index is 12.6. The van der Waals surface area contributed by atoms with E-state index < -0.39 is 0 Å². The molecule has 2 atom stereocenters. The third kappa shape index (κ3) is 4.59. The average Bonchev–Trinajstić information content (AvgIpc) is 2.64. The standard InChI is InChI=1S/C19H21ClN4O2/c20-13-8-9-17(22-11-13)24-19(26)15-6-1-2-7-16(15)23-18(25)12-4-3-5-14(21)10-12/h1-2,6-9,11-12,14H,3-5,10,21H2,(H,23,25)(H,22,24,26). The van der Waals surface area contributed by atoms with Crippen LogP contribution in [-0.2, 0) is 4.79 Å². The molecule has 136 valence electrons. The molecule has 2 unspecified atom stereocenters. The molecule has 1 saturated carbocycles. The van der Waals surface area contributed by atoms with Crippen molar-refractivity contribution in [2.24, 2.45) is 11.7 Å². The summed E-state index contributed by atoms with van der Waals surface area (Å²) in [4.78, 5) is 29.2. The molecule has 1 aromatic carbocycles. The number of para-hydroxylation sites is 1. The Morgan fingerprint density at radius 3 is 2.65 bits per heavy atom. The van der Waals surface area contributed by atoms with E-state index in [1.54, 1.807) is 36.4 Å². The Morgan fingerprint density at radius 2 is 1.92 bits per heavy atom. The van der Waals surface area contributed by atoms with Gasteiger partial charge in [-0.25, -0.2) is 4.98 Å². The third-order valence-corrected chi connectivity index (χ3v) is 4.71. The van der Waals surface area contributed by atoms with Gasteiger partial charge in [0.2, 0.25) is 5.91 Å². The number of carbonyl (C=O) groups excluding carboxylic acids is 2. The van der Waals surface area contributed by atoms with Crippen LogP contribution in [0.5, 0.6) is 0 Å². The maximum Gasteiger partial charge on any atom is 0.258 e. The van der Waals surface area contributed by atoms with Crippen LogP contribution in [0, 0.1) is 5.92 Å². The minimum Gasteiger partial charge on any atom is -0.328 e. The normalized spacial score (nSPS) is 19.6. The first kappa shape index (κ1) is 18.4. The van der Waals surface area contributed by atoms with Crippen LogP contribution in [0.2, 0.25) is 5.02 Å². The van der Waals surface area contributed by atoms with Crippen molar-refractivity contribution in [1.82, 2.24) is 4.98 Å². The fourth-order valence-electron chi connectivity index (χ4n) is 3.12. The number of aromatic nitrogens is 1. The molecule has 0 bridgehead atoms. The van der Waals surface area contributed by atoms with Gasteiger partial charge in [0.1, 0.15) is 5.82 Å². The summed E-state index contributed by atoms with van der Waals surface area (Å²) < 4.78 is 0. The maximum atomic E-state index is 12.6. The van der Waals surface area contributed by atoms with Gasteiger partial charge in [0.05, 0.1) is 16.3 Å². The van der Waals surface area contributed by atoms with Crippen molar-refractivity contribution in [2.75, 3.05) is 10.6 Å². The van der Waals surface area contributed by atoms with E-state index in [1.165, 1.54) is 6.20 Å². The lowest BCUT2D eigenvalue weighted by Gasteiger charge is -2.26. The van der Waals surface area contributed by atoms with E-state index in [2.05, 4.69) is 15.6 Å². The molecule has 1 aliphatic rings. The van der Waals surface area contributed by atoms with Crippen LogP contribution in [0.3, 0.4) is 0 Å². The number of amides is 2. The van der Waals surface area contributed by atoms with Crippen molar-refractivity contribution >= 4 is 34.9 Å². The summed E-state index contributed by atoms with van der Waals surface area (Å²) in [6.45, 7) is 0. The van der Waals surface area contributed by atoms with Crippen molar-refractivity contribution < 1.29 is 9.59 Å². The minimum atomic E-state index is -0.351. The second-order valence-corrected chi connectivity index (χ2v) is 6.91. The number of pyridine rings is 1. The van der Waals surface area contributed by atoms with Gasteiger partial charge in [-0.1, -0.05) is 30.2 Å². The lowest BCUT2D eigenvalue weighted by Crippen LogP contribution is -2.34. The lowest BCUT2D eigenvalue weighted by molar-refractivity contribution is -0.120. The van der Waals surface area contributed by atoms with E-state index in [9.17, 15) is 9.59 Å². The Balaban J connectivity index is 1.72. The van der Waals surface area contributed by atoms with E-state index >= 15 is 0 Å². The number of carbonyl (C=O) groups is 2. The Bertz CT molecular complexity index is 794. The largest absolute Gasteiger partial charge is 0.328 e. The molecule has 1 heterocycles. The highest BCUT2D eigenvalue weighted by Gasteiger charge is 2.26. The number of anilines is 2. The second-order valence-electron chi connectivity index (χ2n) is 6.47. The van der Waals surface area contributed by atoms with Gasteiger partial charge < -0.3 is 16.4 Å². The van der Waals surface area contributed by atoms with Crippen LogP contribution < -0.4 is 16.4 Å². The van der Waals surface area contributed by atoms with Crippen LogP contribution in [0.4, 0.5) is 11.5 Å². The molecule has 0 saturated heterocycles. The van der Waals surface area contributed by atoms with E-state index in [0.717, 1.165) is 19.3 Å². The number of hydrogen-bond donors (Lipinski definition) is 3. The van der Waals surface area contributed by atoms with E-state index in [1.807, 2.05) is 0 Å². The molecule has 2 amide bonds. The molecule has 26 heavy (non-hydrogen) atoms. The van der Waals surface area contributed by atoms with E-state index in [0.29, 0.717) is 28.5 Å². The van der Waals surface area contributed by atoms with E-state index in [4.69, 9.17) is 17.3 Å². The molecule has 0 aliphatic heterocycles. The quantitative estimate of drug-likeness (QED) is 0.765. The highest BCUT2D eigenvalue weighted by molar-refractivity contribution is 6.30. The molecule has 3 rings (SSSR count). The first-order valence-electron chi connectivity index (χ1n) is 8.61. The van der Waals surface area contributed by atoms with Crippen molar-refractivity contribution in [3.05, 3.63) is 53.2 Å². The molecular weight excluding hydrogens is 352 g/mol. The highest BCUT2D eigenvalue weighted by atomic mass is 35.5. The first-order chi connectivity index (χ1) is 12.5. The van der Waals surface area contributed by atoms with Gasteiger partial charge in [-0.05, 0) is 43.5 Å². The van der Waals surface area contributed by atoms with Gasteiger partial charge in [0.15, 0.2) is 0 Å². The fourth-order valence-corrected chi connectivity index (χ4v) is 3.24. The number of nitrogens with zero attached hydrogens (tertiary/aromatic N) is 1. The molecule has 1 aromatic heterocycles. The molecule has 7 heteroatoms. The second kappa shape index (κ2) is 8.29. The van der Waals surface area contributed by atoms with Gasteiger partial charge in [0.25, 0.3) is 5.91 Å². The van der Waals surface area contributed by atoms with E-state index in [-0.39, 0.29) is 23.8 Å². The van der Waals surface area contributed by atoms with Crippen LogP contribution in [-0.4, -0.2) is 22.8 Å². The van der Waals surface area contributed by atoms with Crippen LogP contribution in [0.25, 0.3) is 0 Å². The first-order valence-corrected chi connectivity index (χ1v) is 8.99. The summed E-state index contributed by atoms with van der Waals surface area (Å²) in [7, 11) is 0.